The van der Waals surface area contributed by atoms with Crippen molar-refractivity contribution in [3.63, 3.8) is 0 Å². The quantitative estimate of drug-likeness (QED) is 0.614. The van der Waals surface area contributed by atoms with Gasteiger partial charge in [-0.2, -0.15) is 0 Å². The predicted octanol–water partition coefficient (Wildman–Crippen LogP) is 2.32. The van der Waals surface area contributed by atoms with Crippen LogP contribution in [0.15, 0.2) is 0 Å². The maximum Gasteiger partial charge on any atom is 0.0347 e. The molecule has 1 aliphatic carbocycles. The van der Waals surface area contributed by atoms with E-state index in [2.05, 4.69) is 12.4 Å². The van der Waals surface area contributed by atoms with Gasteiger partial charge in [-0.1, -0.05) is 26.2 Å². The summed E-state index contributed by atoms with van der Waals surface area (Å²) in [6.07, 6.45) is 7.61. The molecule has 11 heavy (non-hydrogen) atoms. The molecule has 66 valence electrons. The van der Waals surface area contributed by atoms with Crippen LogP contribution in [0.25, 0.3) is 0 Å². The lowest BCUT2D eigenvalue weighted by Gasteiger charge is -2.16. The van der Waals surface area contributed by atoms with Crippen LogP contribution >= 0.6 is 0 Å². The Kier molecular flexibility index (Phi) is 3.87. The molecular formula is C9H19NO. The van der Waals surface area contributed by atoms with Gasteiger partial charge in [0.15, 0.2) is 0 Å². The smallest absolute Gasteiger partial charge is 0.0347 e. The van der Waals surface area contributed by atoms with Crippen LogP contribution in [-0.2, 0) is 0 Å². The van der Waals surface area contributed by atoms with E-state index in [0.29, 0.717) is 6.04 Å². The van der Waals surface area contributed by atoms with E-state index in [1.165, 1.54) is 32.1 Å². The Labute approximate surface area is 69.0 Å². The Hall–Kier alpha value is -0.0800. The van der Waals surface area contributed by atoms with Crippen LogP contribution in [-0.4, -0.2) is 11.2 Å². The standard InChI is InChI=1S/C9H19NO/c1-2-3-5-8-6-4-7-9(8)10-11/h8-11H,2-7H2,1H3. The molecule has 0 spiro atoms. The summed E-state index contributed by atoms with van der Waals surface area (Å²) in [5.41, 5.74) is 2.42. The second kappa shape index (κ2) is 4.73. The van der Waals surface area contributed by atoms with E-state index in [1.54, 1.807) is 0 Å². The molecule has 0 bridgehead atoms. The average Bonchev–Trinajstić information content (AvgIpc) is 2.47. The van der Waals surface area contributed by atoms with Gasteiger partial charge in [-0.25, -0.2) is 5.48 Å². The van der Waals surface area contributed by atoms with Crippen LogP contribution in [0.3, 0.4) is 0 Å². The third kappa shape index (κ3) is 2.46. The van der Waals surface area contributed by atoms with Crippen LogP contribution in [0.5, 0.6) is 0 Å². The number of hydroxylamine groups is 1. The van der Waals surface area contributed by atoms with Gasteiger partial charge in [0.2, 0.25) is 0 Å². The Balaban J connectivity index is 2.20. The molecule has 0 aromatic carbocycles. The summed E-state index contributed by atoms with van der Waals surface area (Å²) in [7, 11) is 0. The summed E-state index contributed by atoms with van der Waals surface area (Å²) in [5.74, 6) is 0.736. The summed E-state index contributed by atoms with van der Waals surface area (Å²) in [6, 6.07) is 0.390. The van der Waals surface area contributed by atoms with Crippen molar-refractivity contribution in [2.75, 3.05) is 0 Å². The van der Waals surface area contributed by atoms with E-state index < -0.39 is 0 Å². The van der Waals surface area contributed by atoms with E-state index in [-0.39, 0.29) is 0 Å². The summed E-state index contributed by atoms with van der Waals surface area (Å²) in [4.78, 5) is 0. The minimum absolute atomic E-state index is 0.390. The first kappa shape index (κ1) is 9.01. The zero-order chi connectivity index (χ0) is 8.10. The number of nitrogens with one attached hydrogen (secondary N) is 1. The Morgan fingerprint density at radius 2 is 2.27 bits per heavy atom. The minimum Gasteiger partial charge on any atom is -0.317 e. The maximum absolute atomic E-state index is 8.79. The van der Waals surface area contributed by atoms with Gasteiger partial charge in [0.1, 0.15) is 0 Å². The monoisotopic (exact) mass is 157 g/mol. The van der Waals surface area contributed by atoms with Gasteiger partial charge in [-0.15, -0.1) is 0 Å². The Morgan fingerprint density at radius 3 is 2.91 bits per heavy atom. The molecule has 0 aliphatic heterocycles. The van der Waals surface area contributed by atoms with Crippen molar-refractivity contribution in [1.82, 2.24) is 5.48 Å². The van der Waals surface area contributed by atoms with Crippen molar-refractivity contribution >= 4 is 0 Å². The van der Waals surface area contributed by atoms with Crippen molar-refractivity contribution in [2.24, 2.45) is 5.92 Å². The van der Waals surface area contributed by atoms with Crippen LogP contribution in [0, 0.1) is 5.92 Å². The Morgan fingerprint density at radius 1 is 1.45 bits per heavy atom. The van der Waals surface area contributed by atoms with E-state index in [9.17, 15) is 0 Å². The molecule has 0 aromatic rings. The molecule has 1 fully saturated rings. The first-order chi connectivity index (χ1) is 5.38. The second-order valence-corrected chi connectivity index (χ2v) is 3.57. The third-order valence-corrected chi connectivity index (χ3v) is 2.75. The Bertz CT molecular complexity index is 106. The molecule has 0 aromatic heterocycles. The highest BCUT2D eigenvalue weighted by Gasteiger charge is 2.25. The van der Waals surface area contributed by atoms with E-state index in [0.717, 1.165) is 12.3 Å². The van der Waals surface area contributed by atoms with Gasteiger partial charge in [0, 0.05) is 6.04 Å². The van der Waals surface area contributed by atoms with Crippen LogP contribution in [0.1, 0.15) is 45.4 Å². The number of hydrogen-bond donors (Lipinski definition) is 2. The number of rotatable bonds is 4. The van der Waals surface area contributed by atoms with E-state index in [1.807, 2.05) is 0 Å². The lowest BCUT2D eigenvalue weighted by molar-refractivity contribution is 0.105. The van der Waals surface area contributed by atoms with Crippen molar-refractivity contribution in [3.05, 3.63) is 0 Å². The molecule has 0 amide bonds. The fourth-order valence-corrected chi connectivity index (χ4v) is 2.02. The second-order valence-electron chi connectivity index (χ2n) is 3.57. The van der Waals surface area contributed by atoms with Gasteiger partial charge >= 0.3 is 0 Å². The molecule has 0 radical (unpaired) electrons. The minimum atomic E-state index is 0.390. The van der Waals surface area contributed by atoms with Gasteiger partial charge in [-0.05, 0) is 25.2 Å². The topological polar surface area (TPSA) is 32.3 Å². The molecule has 2 atom stereocenters. The third-order valence-electron chi connectivity index (χ3n) is 2.75. The molecule has 1 saturated carbocycles. The molecule has 1 aliphatic rings. The first-order valence-electron chi connectivity index (χ1n) is 4.78. The molecule has 0 heterocycles. The van der Waals surface area contributed by atoms with Gasteiger partial charge in [0.25, 0.3) is 0 Å². The van der Waals surface area contributed by atoms with Gasteiger partial charge in [-0.3, -0.25) is 0 Å². The highest BCUT2D eigenvalue weighted by atomic mass is 16.5. The fraction of sp³-hybridized carbons (Fsp3) is 1.00. The number of unbranched alkanes of at least 4 members (excludes halogenated alkanes) is 1. The fourth-order valence-electron chi connectivity index (χ4n) is 2.02. The van der Waals surface area contributed by atoms with Crippen molar-refractivity contribution in [2.45, 2.75) is 51.5 Å². The van der Waals surface area contributed by atoms with Crippen LogP contribution in [0.2, 0.25) is 0 Å². The summed E-state index contributed by atoms with van der Waals surface area (Å²) in [5, 5.41) is 8.79. The lowest BCUT2D eigenvalue weighted by Crippen LogP contribution is -2.29. The lowest BCUT2D eigenvalue weighted by atomic mass is 9.97. The highest BCUT2D eigenvalue weighted by molar-refractivity contribution is 4.80. The van der Waals surface area contributed by atoms with Crippen molar-refractivity contribution < 1.29 is 5.21 Å². The maximum atomic E-state index is 8.79. The summed E-state index contributed by atoms with van der Waals surface area (Å²) >= 11 is 0. The van der Waals surface area contributed by atoms with Gasteiger partial charge < -0.3 is 5.21 Å². The highest BCUT2D eigenvalue weighted by Crippen LogP contribution is 2.29. The van der Waals surface area contributed by atoms with Crippen molar-refractivity contribution in [3.8, 4) is 0 Å². The molecule has 2 unspecified atom stereocenters. The molecule has 0 saturated heterocycles. The molecule has 2 nitrogen and oxygen atoms in total. The largest absolute Gasteiger partial charge is 0.317 e. The summed E-state index contributed by atoms with van der Waals surface area (Å²) in [6.45, 7) is 2.22. The van der Waals surface area contributed by atoms with E-state index >= 15 is 0 Å². The van der Waals surface area contributed by atoms with Crippen LogP contribution in [0.4, 0.5) is 0 Å². The molecular weight excluding hydrogens is 138 g/mol. The molecule has 1 rings (SSSR count). The predicted molar refractivity (Wildman–Crippen MR) is 45.6 cm³/mol. The van der Waals surface area contributed by atoms with Crippen LogP contribution < -0.4 is 5.48 Å². The first-order valence-corrected chi connectivity index (χ1v) is 4.78. The molecule has 2 N–H and O–H groups in total. The SMILES string of the molecule is CCCCC1CCCC1NO. The zero-order valence-electron chi connectivity index (χ0n) is 7.34. The summed E-state index contributed by atoms with van der Waals surface area (Å²) < 4.78 is 0. The average molecular weight is 157 g/mol. The molecule has 2 heteroatoms. The van der Waals surface area contributed by atoms with Gasteiger partial charge in [0.05, 0.1) is 0 Å². The zero-order valence-corrected chi connectivity index (χ0v) is 7.34. The van der Waals surface area contributed by atoms with Crippen molar-refractivity contribution in [1.29, 1.82) is 0 Å². The normalized spacial score (nSPS) is 31.1. The van der Waals surface area contributed by atoms with E-state index in [4.69, 9.17) is 5.21 Å². The number of hydrogen-bond acceptors (Lipinski definition) is 2.